The second kappa shape index (κ2) is 38.0. The van der Waals surface area contributed by atoms with E-state index in [-0.39, 0.29) is 55.3 Å². The Morgan fingerprint density at radius 3 is 1.52 bits per heavy atom. The molecule has 1 aliphatic heterocycles. The van der Waals surface area contributed by atoms with Gasteiger partial charge in [0.25, 0.3) is 0 Å². The SMILES string of the molecule is CC(C)C[C@@H]1C(=O)N[C@H](CC(C)C)C(=O)N(C)C(C(C)C)C(=O)N(C)C([C@H](O)[C@H](C)CCN(Cc2ccccn2)Cc2ccccn2)C(=O)NC([C@@H](C)O)C(=O)N(C)CC(=O)N(C)[C@@H](CC(C)C)C(=O)N[C@H](CC(C)C)N(C)[C@H](CC(C)C)N[C@H](C)C(=O)OC(=O)N1C. The van der Waals surface area contributed by atoms with E-state index in [4.69, 9.17) is 4.74 Å². The zero-order valence-electron chi connectivity index (χ0n) is 59.6. The zero-order chi connectivity index (χ0) is 70.5. The molecule has 3 heterocycles. The fourth-order valence-electron chi connectivity index (χ4n) is 11.7. The molecule has 0 saturated carbocycles. The third-order valence-electron chi connectivity index (χ3n) is 17.1. The number of amides is 8. The molecule has 0 spiro atoms. The lowest BCUT2D eigenvalue weighted by Crippen LogP contribution is -2.64. The number of aliphatic hydroxyl groups excluding tert-OH is 2. The van der Waals surface area contributed by atoms with Gasteiger partial charge in [0.05, 0.1) is 42.5 Å². The monoisotopic (exact) mass is 1310 g/mol. The molecule has 1 aliphatic rings. The summed E-state index contributed by atoms with van der Waals surface area (Å²) in [7, 11) is 8.64. The number of likely N-dealkylation sites (N-methyl/N-ethyl adjacent to an activating group) is 5. The second-order valence-electron chi connectivity index (χ2n) is 28.2. The van der Waals surface area contributed by atoms with Crippen molar-refractivity contribution in [3.05, 3.63) is 60.2 Å². The van der Waals surface area contributed by atoms with Crippen molar-refractivity contribution in [1.82, 2.24) is 65.5 Å². The van der Waals surface area contributed by atoms with Gasteiger partial charge in [-0.3, -0.25) is 63.5 Å². The standard InChI is InChI=1S/C68H115N13O12/c1-40(2)32-51-64(88)79(20)58(45(11)12)66(90)80(21)59(60(84)46(13)28-31-81(37-49-26-22-24-29-69-49)38-50-27-23-25-30-70-50)63(87)74-57(48(15)82)65(89)75(16)39-56(83)76(17)52(33-41(3)4)62(86)73-55(36-44(9)10)78(19)54(35-43(7)8)71-47(14)67(91)93-68(92)77(18)53(34-42(5)6)61(85)72-51/h22-27,29-30,40-48,51-55,57-60,71,82,84H,28,31-39H2,1-21H3,(H,72,85)(H,73,86)(H,74,87)/t46-,47-,48-,51-,52+,53-,54-,55+,57?,58?,59?,60-/m1/s1. The number of ether oxygens (including phenoxy) is 1. The number of cyclic esters (lactones) is 2. The van der Waals surface area contributed by atoms with Crippen LogP contribution < -0.4 is 21.3 Å². The van der Waals surface area contributed by atoms with Crippen LogP contribution in [0.4, 0.5) is 4.79 Å². The Morgan fingerprint density at radius 2 is 1.04 bits per heavy atom. The van der Waals surface area contributed by atoms with Crippen molar-refractivity contribution in [1.29, 1.82) is 0 Å². The van der Waals surface area contributed by atoms with Gasteiger partial charge in [-0.15, -0.1) is 0 Å². The van der Waals surface area contributed by atoms with Crippen LogP contribution in [0.25, 0.3) is 0 Å². The number of hydrogen-bond donors (Lipinski definition) is 6. The first-order chi connectivity index (χ1) is 43.4. The predicted octanol–water partition coefficient (Wildman–Crippen LogP) is 4.70. The normalized spacial score (nSPS) is 24.8. The molecular weight excluding hydrogens is 1190 g/mol. The highest BCUT2D eigenvalue weighted by Gasteiger charge is 2.45. The molecule has 0 aromatic carbocycles. The molecule has 2 aromatic rings. The fourth-order valence-corrected chi connectivity index (χ4v) is 11.7. The first kappa shape index (κ1) is 80.6. The largest absolute Gasteiger partial charge is 0.417 e. The molecule has 25 nitrogen and oxygen atoms in total. The van der Waals surface area contributed by atoms with Crippen molar-refractivity contribution in [3.63, 3.8) is 0 Å². The summed E-state index contributed by atoms with van der Waals surface area (Å²) in [6.07, 6.45) is -0.659. The van der Waals surface area contributed by atoms with Crippen molar-refractivity contribution in [3.8, 4) is 0 Å². The maximum Gasteiger partial charge on any atom is 0.417 e. The molecule has 2 aromatic heterocycles. The molecule has 3 rings (SSSR count). The Labute approximate surface area is 554 Å². The van der Waals surface area contributed by atoms with Gasteiger partial charge in [-0.2, -0.15) is 0 Å². The fraction of sp³-hybridized carbons (Fsp3) is 0.721. The first-order valence-corrected chi connectivity index (χ1v) is 33.2. The van der Waals surface area contributed by atoms with Crippen LogP contribution >= 0.6 is 0 Å². The Balaban J connectivity index is 2.31. The number of nitrogens with one attached hydrogen (secondary N) is 4. The summed E-state index contributed by atoms with van der Waals surface area (Å²) in [5.74, 6) is -7.95. The zero-order valence-corrected chi connectivity index (χ0v) is 59.6. The maximum atomic E-state index is 15.4. The lowest BCUT2D eigenvalue weighted by atomic mass is 9.91. The Bertz CT molecular complexity index is 2680. The number of carbonyl (C=O) groups is 9. The lowest BCUT2D eigenvalue weighted by Gasteiger charge is -2.40. The number of pyridine rings is 2. The lowest BCUT2D eigenvalue weighted by molar-refractivity contribution is -0.155. The van der Waals surface area contributed by atoms with Crippen LogP contribution in [0, 0.1) is 41.4 Å². The van der Waals surface area contributed by atoms with Crippen LogP contribution in [0.5, 0.6) is 0 Å². The number of esters is 1. The quantitative estimate of drug-likeness (QED) is 0.0729. The third kappa shape index (κ3) is 24.9. The number of rotatable bonds is 21. The minimum Gasteiger partial charge on any atom is -0.391 e. The topological polar surface area (TPSA) is 300 Å². The molecule has 1 fully saturated rings. The minimum atomic E-state index is -1.77. The van der Waals surface area contributed by atoms with Crippen LogP contribution in [-0.4, -0.2) is 230 Å². The molecule has 6 N–H and O–H groups in total. The van der Waals surface area contributed by atoms with Crippen molar-refractivity contribution in [2.24, 2.45) is 41.4 Å². The van der Waals surface area contributed by atoms with E-state index in [0.29, 0.717) is 32.5 Å². The van der Waals surface area contributed by atoms with E-state index in [0.717, 1.165) is 26.1 Å². The van der Waals surface area contributed by atoms with E-state index in [1.165, 1.54) is 52.0 Å². The summed E-state index contributed by atoms with van der Waals surface area (Å²) in [5.41, 5.74) is 1.55. The summed E-state index contributed by atoms with van der Waals surface area (Å²) in [5, 5.41) is 36.1. The summed E-state index contributed by atoms with van der Waals surface area (Å²) in [6, 6.07) is 1.66. The number of carbonyl (C=O) groups excluding carboxylic acids is 9. The van der Waals surface area contributed by atoms with Gasteiger partial charge in [0.1, 0.15) is 42.3 Å². The Kier molecular flexibility index (Phi) is 32.9. The number of nitrogens with zero attached hydrogens (tertiary/aromatic N) is 9. The van der Waals surface area contributed by atoms with Gasteiger partial charge in [-0.25, -0.2) is 9.59 Å². The van der Waals surface area contributed by atoms with Gasteiger partial charge in [-0.1, -0.05) is 102 Å². The second-order valence-corrected chi connectivity index (χ2v) is 28.2. The molecular formula is C68H115N13O12. The van der Waals surface area contributed by atoms with E-state index >= 15 is 14.4 Å². The van der Waals surface area contributed by atoms with Gasteiger partial charge in [0.15, 0.2) is 0 Å². The minimum absolute atomic E-state index is 0.0402. The summed E-state index contributed by atoms with van der Waals surface area (Å²) in [4.78, 5) is 151. The predicted molar refractivity (Wildman–Crippen MR) is 356 cm³/mol. The number of aliphatic hydroxyl groups is 2. The van der Waals surface area contributed by atoms with Crippen molar-refractivity contribution in [2.45, 2.75) is 222 Å². The number of hydrogen-bond acceptors (Lipinski definition) is 17. The van der Waals surface area contributed by atoms with Gasteiger partial charge >= 0.3 is 12.1 Å². The molecule has 3 unspecified atom stereocenters. The number of aromatic nitrogens is 2. The highest BCUT2D eigenvalue weighted by atomic mass is 16.6. The first-order valence-electron chi connectivity index (χ1n) is 33.2. The van der Waals surface area contributed by atoms with E-state index in [1.54, 1.807) is 47.1 Å². The maximum absolute atomic E-state index is 15.4. The summed E-state index contributed by atoms with van der Waals surface area (Å²) >= 11 is 0. The average Bonchev–Trinajstić information content (AvgIpc) is 0.821. The molecule has 25 heteroatoms. The van der Waals surface area contributed by atoms with Crippen LogP contribution in [-0.2, 0) is 56.2 Å². The Morgan fingerprint density at radius 1 is 0.559 bits per heavy atom. The summed E-state index contributed by atoms with van der Waals surface area (Å²) < 4.78 is 5.51. The van der Waals surface area contributed by atoms with E-state index in [9.17, 15) is 39.0 Å². The smallest absolute Gasteiger partial charge is 0.391 e. The van der Waals surface area contributed by atoms with Gasteiger partial charge in [0.2, 0.25) is 41.4 Å². The molecule has 0 aliphatic carbocycles. The van der Waals surface area contributed by atoms with Crippen molar-refractivity contribution >= 4 is 53.4 Å². The van der Waals surface area contributed by atoms with Gasteiger partial charge in [-0.05, 0) is 132 Å². The van der Waals surface area contributed by atoms with E-state index in [2.05, 4.69) is 36.1 Å². The molecule has 1 saturated heterocycles. The van der Waals surface area contributed by atoms with Gasteiger partial charge in [0, 0.05) is 60.7 Å². The van der Waals surface area contributed by atoms with E-state index in [1.807, 2.05) is 111 Å². The molecule has 12 atom stereocenters. The Hall–Kier alpha value is -6.67. The highest BCUT2D eigenvalue weighted by molar-refractivity contribution is 5.98. The molecule has 0 bridgehead atoms. The van der Waals surface area contributed by atoms with Crippen LogP contribution in [0.15, 0.2) is 48.8 Å². The van der Waals surface area contributed by atoms with Crippen molar-refractivity contribution < 1.29 is 58.1 Å². The van der Waals surface area contributed by atoms with Crippen LogP contribution in [0.1, 0.15) is 154 Å². The molecule has 524 valence electrons. The molecule has 8 amide bonds. The van der Waals surface area contributed by atoms with E-state index < -0.39 is 139 Å². The summed E-state index contributed by atoms with van der Waals surface area (Å²) in [6.45, 7) is 27.7. The van der Waals surface area contributed by atoms with Crippen LogP contribution in [0.2, 0.25) is 0 Å². The van der Waals surface area contributed by atoms with Crippen LogP contribution in [0.3, 0.4) is 0 Å². The molecule has 93 heavy (non-hydrogen) atoms. The van der Waals surface area contributed by atoms with Gasteiger partial charge < -0.3 is 50.5 Å². The molecule has 0 radical (unpaired) electrons. The average molecular weight is 1310 g/mol. The van der Waals surface area contributed by atoms with Crippen molar-refractivity contribution in [2.75, 3.05) is 55.4 Å². The highest BCUT2D eigenvalue weighted by Crippen LogP contribution is 2.25. The third-order valence-corrected chi connectivity index (χ3v) is 17.1.